The number of fused-ring (bicyclic) bond motifs is 3. The van der Waals surface area contributed by atoms with Gasteiger partial charge in [0.2, 0.25) is 0 Å². The van der Waals surface area contributed by atoms with Gasteiger partial charge in [0.1, 0.15) is 30.7 Å². The Bertz CT molecular complexity index is 1420. The molecule has 9 heteroatoms. The van der Waals surface area contributed by atoms with Crippen molar-refractivity contribution in [3.8, 4) is 11.1 Å². The summed E-state index contributed by atoms with van der Waals surface area (Å²) in [5, 5.41) is 15.8. The van der Waals surface area contributed by atoms with Crippen LogP contribution in [0.5, 0.6) is 0 Å². The number of carbonyl (C=O) groups excluding carboxylic acids is 2. The van der Waals surface area contributed by atoms with Gasteiger partial charge in [-0.2, -0.15) is 0 Å². The average Bonchev–Trinajstić information content (AvgIpc) is 3.53. The SMILES string of the molecule is O=C(O)CN(Cc1ccccc1)C(=O)c1conc1CNC(=O)OCC1c2ccccc2-c2ccccc21. The van der Waals surface area contributed by atoms with Crippen LogP contribution in [0.25, 0.3) is 11.1 Å². The van der Waals surface area contributed by atoms with Gasteiger partial charge in [-0.15, -0.1) is 0 Å². The van der Waals surface area contributed by atoms with Crippen molar-refractivity contribution >= 4 is 18.0 Å². The van der Waals surface area contributed by atoms with E-state index in [-0.39, 0.29) is 36.9 Å². The molecule has 0 radical (unpaired) electrons. The number of ether oxygens (including phenoxy) is 1. The Kier molecular flexibility index (Phi) is 7.17. The van der Waals surface area contributed by atoms with Crippen molar-refractivity contribution in [1.29, 1.82) is 0 Å². The molecular weight excluding hydrogens is 486 g/mol. The van der Waals surface area contributed by atoms with Crippen molar-refractivity contribution in [2.24, 2.45) is 0 Å². The molecule has 4 aromatic rings. The maximum absolute atomic E-state index is 13.2. The number of nitrogens with zero attached hydrogens (tertiary/aromatic N) is 2. The van der Waals surface area contributed by atoms with Gasteiger partial charge in [0.25, 0.3) is 5.91 Å². The monoisotopic (exact) mass is 511 g/mol. The Labute approximate surface area is 218 Å². The number of aliphatic carboxylic acids is 1. The van der Waals surface area contributed by atoms with Crippen LogP contribution >= 0.6 is 0 Å². The lowest BCUT2D eigenvalue weighted by Gasteiger charge is -2.20. The summed E-state index contributed by atoms with van der Waals surface area (Å²) in [5.41, 5.74) is 5.48. The van der Waals surface area contributed by atoms with Crippen molar-refractivity contribution in [1.82, 2.24) is 15.4 Å². The summed E-state index contributed by atoms with van der Waals surface area (Å²) in [5.74, 6) is -1.80. The minimum Gasteiger partial charge on any atom is -0.480 e. The Morgan fingerprint density at radius 1 is 0.921 bits per heavy atom. The van der Waals surface area contributed by atoms with Crippen LogP contribution in [0.1, 0.15) is 38.7 Å². The first-order valence-corrected chi connectivity index (χ1v) is 12.1. The van der Waals surface area contributed by atoms with Crippen molar-refractivity contribution in [3.63, 3.8) is 0 Å². The summed E-state index contributed by atoms with van der Waals surface area (Å²) in [6, 6.07) is 25.1. The maximum atomic E-state index is 13.2. The molecule has 0 unspecified atom stereocenters. The van der Waals surface area contributed by atoms with E-state index in [1.54, 1.807) is 12.1 Å². The molecule has 5 rings (SSSR count). The number of carbonyl (C=O) groups is 3. The van der Waals surface area contributed by atoms with Crippen molar-refractivity contribution in [3.05, 3.63) is 113 Å². The zero-order valence-electron chi connectivity index (χ0n) is 20.4. The van der Waals surface area contributed by atoms with Gasteiger partial charge in [-0.3, -0.25) is 9.59 Å². The molecule has 1 aliphatic rings. The summed E-state index contributed by atoms with van der Waals surface area (Å²) in [4.78, 5) is 38.3. The van der Waals surface area contributed by atoms with Crippen LogP contribution in [-0.2, 0) is 22.6 Å². The normalized spacial score (nSPS) is 11.9. The molecule has 3 aromatic carbocycles. The third kappa shape index (κ3) is 5.27. The van der Waals surface area contributed by atoms with E-state index in [9.17, 15) is 19.5 Å². The predicted octanol–water partition coefficient (Wildman–Crippen LogP) is 4.44. The van der Waals surface area contributed by atoms with Crippen LogP contribution in [-0.4, -0.2) is 46.3 Å². The van der Waals surface area contributed by atoms with Crippen LogP contribution < -0.4 is 5.32 Å². The average molecular weight is 512 g/mol. The zero-order valence-corrected chi connectivity index (χ0v) is 20.4. The first-order valence-electron chi connectivity index (χ1n) is 12.1. The fourth-order valence-corrected chi connectivity index (χ4v) is 4.70. The van der Waals surface area contributed by atoms with Gasteiger partial charge in [0.05, 0.1) is 6.54 Å². The zero-order chi connectivity index (χ0) is 26.5. The van der Waals surface area contributed by atoms with Gasteiger partial charge in [0.15, 0.2) is 0 Å². The number of nitrogens with one attached hydrogen (secondary N) is 1. The Morgan fingerprint density at radius 3 is 2.21 bits per heavy atom. The van der Waals surface area contributed by atoms with Gasteiger partial charge >= 0.3 is 12.1 Å². The summed E-state index contributed by atoms with van der Waals surface area (Å²) in [7, 11) is 0. The molecule has 0 saturated carbocycles. The molecule has 38 heavy (non-hydrogen) atoms. The molecule has 1 aromatic heterocycles. The van der Waals surface area contributed by atoms with Gasteiger partial charge in [-0.25, -0.2) is 4.79 Å². The van der Waals surface area contributed by atoms with Gasteiger partial charge in [0, 0.05) is 12.5 Å². The summed E-state index contributed by atoms with van der Waals surface area (Å²) < 4.78 is 10.5. The van der Waals surface area contributed by atoms with Crippen LogP contribution in [0.15, 0.2) is 89.6 Å². The van der Waals surface area contributed by atoms with E-state index in [1.165, 1.54) is 4.90 Å². The number of carboxylic acid groups (broad SMARTS) is 1. The lowest BCUT2D eigenvalue weighted by atomic mass is 9.98. The van der Waals surface area contributed by atoms with Gasteiger partial charge < -0.3 is 24.6 Å². The van der Waals surface area contributed by atoms with E-state index in [1.807, 2.05) is 54.6 Å². The number of hydrogen-bond acceptors (Lipinski definition) is 6. The minimum atomic E-state index is -1.15. The standard InChI is InChI=1S/C29H25N3O6/c33-27(34)16-32(15-19-8-2-1-3-9-19)28(35)25-18-38-31-26(25)14-30-29(36)37-17-24-22-12-6-4-10-20(22)21-11-5-7-13-23(21)24/h1-13,18,24H,14-17H2,(H,30,36)(H,33,34). The number of carboxylic acids is 1. The van der Waals surface area contributed by atoms with Crippen LogP contribution in [0, 0.1) is 0 Å². The number of alkyl carbamates (subject to hydrolysis) is 1. The Hall–Kier alpha value is -4.92. The molecule has 2 amide bonds. The van der Waals surface area contributed by atoms with E-state index in [4.69, 9.17) is 9.26 Å². The van der Waals surface area contributed by atoms with E-state index < -0.39 is 24.5 Å². The lowest BCUT2D eigenvalue weighted by Crippen LogP contribution is -2.36. The highest BCUT2D eigenvalue weighted by Crippen LogP contribution is 2.44. The predicted molar refractivity (Wildman–Crippen MR) is 137 cm³/mol. The smallest absolute Gasteiger partial charge is 0.407 e. The molecule has 0 bridgehead atoms. The fourth-order valence-electron chi connectivity index (χ4n) is 4.70. The Morgan fingerprint density at radius 2 is 1.55 bits per heavy atom. The fraction of sp³-hybridized carbons (Fsp3) is 0.172. The van der Waals surface area contributed by atoms with Crippen LogP contribution in [0.2, 0.25) is 0 Å². The topological polar surface area (TPSA) is 122 Å². The highest BCUT2D eigenvalue weighted by molar-refractivity contribution is 5.96. The maximum Gasteiger partial charge on any atom is 0.407 e. The highest BCUT2D eigenvalue weighted by atomic mass is 16.5. The van der Waals surface area contributed by atoms with E-state index in [0.717, 1.165) is 34.1 Å². The van der Waals surface area contributed by atoms with Gasteiger partial charge in [-0.05, 0) is 27.8 Å². The van der Waals surface area contributed by atoms with Crippen LogP contribution in [0.3, 0.4) is 0 Å². The number of aromatic nitrogens is 1. The third-order valence-electron chi connectivity index (χ3n) is 6.45. The molecule has 1 heterocycles. The molecule has 0 saturated heterocycles. The summed E-state index contributed by atoms with van der Waals surface area (Å²) in [6.07, 6.45) is 0.483. The van der Waals surface area contributed by atoms with E-state index in [2.05, 4.69) is 22.6 Å². The largest absolute Gasteiger partial charge is 0.480 e. The number of amides is 2. The first-order chi connectivity index (χ1) is 18.5. The number of rotatable bonds is 9. The second-order valence-electron chi connectivity index (χ2n) is 8.89. The molecule has 0 aliphatic heterocycles. The molecule has 192 valence electrons. The molecule has 2 N–H and O–H groups in total. The molecular formula is C29H25N3O6. The second kappa shape index (κ2) is 11.0. The summed E-state index contributed by atoms with van der Waals surface area (Å²) in [6.45, 7) is -0.386. The van der Waals surface area contributed by atoms with Gasteiger partial charge in [-0.1, -0.05) is 84.0 Å². The van der Waals surface area contributed by atoms with E-state index in [0.29, 0.717) is 0 Å². The second-order valence-corrected chi connectivity index (χ2v) is 8.89. The highest BCUT2D eigenvalue weighted by Gasteiger charge is 2.29. The lowest BCUT2D eigenvalue weighted by molar-refractivity contribution is -0.137. The van der Waals surface area contributed by atoms with E-state index >= 15 is 0 Å². The van der Waals surface area contributed by atoms with Crippen molar-refractivity contribution in [2.75, 3.05) is 13.2 Å². The molecule has 0 atom stereocenters. The number of benzene rings is 3. The van der Waals surface area contributed by atoms with Crippen molar-refractivity contribution < 1.29 is 28.8 Å². The summed E-state index contributed by atoms with van der Waals surface area (Å²) >= 11 is 0. The Balaban J connectivity index is 1.22. The molecule has 0 fully saturated rings. The minimum absolute atomic E-state index is 0.0705. The molecule has 1 aliphatic carbocycles. The van der Waals surface area contributed by atoms with Crippen molar-refractivity contribution in [2.45, 2.75) is 19.0 Å². The van der Waals surface area contributed by atoms with Crippen LogP contribution in [0.4, 0.5) is 4.79 Å². The molecule has 0 spiro atoms. The molecule has 9 nitrogen and oxygen atoms in total. The quantitative estimate of drug-likeness (QED) is 0.341. The first kappa shape index (κ1) is 24.8. The number of hydrogen-bond donors (Lipinski definition) is 2. The third-order valence-corrected chi connectivity index (χ3v) is 6.45.